The highest BCUT2D eigenvalue weighted by atomic mass is 16.5. The van der Waals surface area contributed by atoms with E-state index in [9.17, 15) is 4.79 Å². The van der Waals surface area contributed by atoms with Crippen LogP contribution in [0, 0.1) is 12.8 Å². The number of rotatable bonds is 5. The Balaban J connectivity index is 1.90. The summed E-state index contributed by atoms with van der Waals surface area (Å²) in [5, 5.41) is 3.46. The second-order valence-electron chi connectivity index (χ2n) is 6.92. The fourth-order valence-electron chi connectivity index (χ4n) is 3.25. The minimum absolute atomic E-state index is 0.0186. The third kappa shape index (κ3) is 5.13. The van der Waals surface area contributed by atoms with Gasteiger partial charge in [0, 0.05) is 46.5 Å². The van der Waals surface area contributed by atoms with Crippen molar-refractivity contribution in [2.24, 2.45) is 10.9 Å². The smallest absolute Gasteiger partial charge is 0.309 e. The largest absolute Gasteiger partial charge is 0.466 e. The minimum atomic E-state index is -0.0632. The first kappa shape index (κ1) is 20.1. The van der Waals surface area contributed by atoms with Crippen molar-refractivity contribution >= 4 is 17.6 Å². The van der Waals surface area contributed by atoms with Crippen LogP contribution in [0.3, 0.4) is 0 Å². The zero-order chi connectivity index (χ0) is 19.1. The molecule has 0 spiro atoms. The number of likely N-dealkylation sites (tertiary alicyclic amines) is 1. The number of piperidine rings is 1. The van der Waals surface area contributed by atoms with Gasteiger partial charge in [0.2, 0.25) is 0 Å². The van der Waals surface area contributed by atoms with Crippen molar-refractivity contribution < 1.29 is 9.53 Å². The fourth-order valence-corrected chi connectivity index (χ4v) is 3.25. The second-order valence-corrected chi connectivity index (χ2v) is 6.92. The van der Waals surface area contributed by atoms with Gasteiger partial charge in [-0.1, -0.05) is 6.07 Å². The number of nitrogens with zero attached hydrogens (tertiary/aromatic N) is 3. The van der Waals surface area contributed by atoms with Crippen molar-refractivity contribution in [1.29, 1.82) is 0 Å². The molecule has 0 atom stereocenters. The van der Waals surface area contributed by atoms with Crippen molar-refractivity contribution in [2.45, 2.75) is 33.2 Å². The summed E-state index contributed by atoms with van der Waals surface area (Å²) in [5.74, 6) is 0.847. The fraction of sp³-hybridized carbons (Fsp3) is 0.600. The third-order valence-electron chi connectivity index (χ3n) is 4.91. The van der Waals surface area contributed by atoms with E-state index < -0.39 is 0 Å². The van der Waals surface area contributed by atoms with E-state index in [1.807, 2.05) is 14.0 Å². The summed E-state index contributed by atoms with van der Waals surface area (Å²) in [6.45, 7) is 6.82. The van der Waals surface area contributed by atoms with Crippen LogP contribution in [0.25, 0.3) is 0 Å². The Morgan fingerprint density at radius 2 is 2.04 bits per heavy atom. The summed E-state index contributed by atoms with van der Waals surface area (Å²) in [7, 11) is 5.91. The first-order chi connectivity index (χ1) is 12.5. The Kier molecular flexibility index (Phi) is 7.30. The maximum atomic E-state index is 11.9. The van der Waals surface area contributed by atoms with E-state index in [2.05, 4.69) is 59.3 Å². The van der Waals surface area contributed by atoms with Crippen LogP contribution in [-0.2, 0) is 16.1 Å². The van der Waals surface area contributed by atoms with Crippen LogP contribution in [0.1, 0.15) is 30.9 Å². The lowest BCUT2D eigenvalue weighted by Crippen LogP contribution is -2.46. The monoisotopic (exact) mass is 360 g/mol. The number of esters is 1. The molecule has 0 amide bonds. The predicted octanol–water partition coefficient (Wildman–Crippen LogP) is 2.41. The van der Waals surface area contributed by atoms with Gasteiger partial charge in [0.1, 0.15) is 0 Å². The second kappa shape index (κ2) is 9.46. The Labute approximate surface area is 157 Å². The molecule has 0 radical (unpaired) electrons. The average molecular weight is 361 g/mol. The first-order valence-electron chi connectivity index (χ1n) is 9.35. The Morgan fingerprint density at radius 1 is 1.35 bits per heavy atom. The number of aliphatic imine (C=N–C) groups is 1. The Morgan fingerprint density at radius 3 is 2.58 bits per heavy atom. The van der Waals surface area contributed by atoms with E-state index in [4.69, 9.17) is 4.74 Å². The number of carbonyl (C=O) groups excluding carboxylic acids is 1. The highest BCUT2D eigenvalue weighted by Gasteiger charge is 2.27. The van der Waals surface area contributed by atoms with Gasteiger partial charge in [0.25, 0.3) is 0 Å². The summed E-state index contributed by atoms with van der Waals surface area (Å²) in [5.41, 5.74) is 3.73. The lowest BCUT2D eigenvalue weighted by molar-refractivity contribution is -0.149. The summed E-state index contributed by atoms with van der Waals surface area (Å²) in [4.78, 5) is 20.6. The van der Waals surface area contributed by atoms with E-state index in [0.717, 1.165) is 38.4 Å². The molecule has 26 heavy (non-hydrogen) atoms. The molecule has 0 bridgehead atoms. The van der Waals surface area contributed by atoms with Crippen molar-refractivity contribution in [2.75, 3.05) is 45.7 Å². The summed E-state index contributed by atoms with van der Waals surface area (Å²) >= 11 is 0. The molecule has 0 saturated carbocycles. The van der Waals surface area contributed by atoms with Crippen molar-refractivity contribution in [3.8, 4) is 0 Å². The third-order valence-corrected chi connectivity index (χ3v) is 4.91. The SMILES string of the molecule is CCOC(=O)C1CCN(C(=NC)NCc2ccc(N(C)C)cc2C)CC1. The Hall–Kier alpha value is -2.24. The number of guanidine groups is 1. The van der Waals surface area contributed by atoms with Crippen molar-refractivity contribution in [3.05, 3.63) is 29.3 Å². The highest BCUT2D eigenvalue weighted by molar-refractivity contribution is 5.80. The van der Waals surface area contributed by atoms with Crippen LogP contribution >= 0.6 is 0 Å². The van der Waals surface area contributed by atoms with Crippen LogP contribution < -0.4 is 10.2 Å². The normalized spacial score (nSPS) is 15.7. The predicted molar refractivity (Wildman–Crippen MR) is 107 cm³/mol. The molecule has 0 aliphatic carbocycles. The molecule has 1 aromatic rings. The molecule has 1 aromatic carbocycles. The van der Waals surface area contributed by atoms with E-state index in [1.165, 1.54) is 16.8 Å². The molecule has 6 heteroatoms. The number of aryl methyl sites for hydroxylation is 1. The number of ether oxygens (including phenoxy) is 1. The molecule has 0 unspecified atom stereocenters. The van der Waals surface area contributed by atoms with Crippen LogP contribution in [-0.4, -0.2) is 57.7 Å². The molecule has 1 aliphatic heterocycles. The number of hydrogen-bond donors (Lipinski definition) is 1. The first-order valence-corrected chi connectivity index (χ1v) is 9.35. The molecule has 6 nitrogen and oxygen atoms in total. The zero-order valence-corrected chi connectivity index (χ0v) is 16.7. The zero-order valence-electron chi connectivity index (χ0n) is 16.7. The van der Waals surface area contributed by atoms with Gasteiger partial charge in [-0.05, 0) is 49.9 Å². The van der Waals surface area contributed by atoms with Gasteiger partial charge in [0.05, 0.1) is 12.5 Å². The molecule has 0 aromatic heterocycles. The molecule has 1 heterocycles. The average Bonchev–Trinajstić information content (AvgIpc) is 2.63. The molecule has 1 fully saturated rings. The quantitative estimate of drug-likeness (QED) is 0.496. The summed E-state index contributed by atoms with van der Waals surface area (Å²) in [6.07, 6.45) is 1.63. The molecular weight excluding hydrogens is 328 g/mol. The van der Waals surface area contributed by atoms with E-state index in [1.54, 1.807) is 0 Å². The standard InChI is InChI=1S/C20H32N4O2/c1-6-26-19(25)16-9-11-24(12-10-16)20(21-3)22-14-17-7-8-18(23(4)5)13-15(17)2/h7-8,13,16H,6,9-12,14H2,1-5H3,(H,21,22). The van der Waals surface area contributed by atoms with Gasteiger partial charge >= 0.3 is 5.97 Å². The number of benzene rings is 1. The molecule has 144 valence electrons. The topological polar surface area (TPSA) is 57.2 Å². The molecule has 1 N–H and O–H groups in total. The molecule has 1 saturated heterocycles. The molecular formula is C20H32N4O2. The van der Waals surface area contributed by atoms with E-state index >= 15 is 0 Å². The van der Waals surface area contributed by atoms with Gasteiger partial charge in [-0.2, -0.15) is 0 Å². The van der Waals surface area contributed by atoms with E-state index in [-0.39, 0.29) is 11.9 Å². The number of hydrogen-bond acceptors (Lipinski definition) is 4. The lowest BCUT2D eigenvalue weighted by Gasteiger charge is -2.33. The summed E-state index contributed by atoms with van der Waals surface area (Å²) in [6, 6.07) is 6.50. The van der Waals surface area contributed by atoms with Crippen LogP contribution in [0.2, 0.25) is 0 Å². The molecule has 2 rings (SSSR count). The van der Waals surface area contributed by atoms with Gasteiger partial charge in [0.15, 0.2) is 5.96 Å². The maximum Gasteiger partial charge on any atom is 0.309 e. The van der Waals surface area contributed by atoms with Gasteiger partial charge in [-0.15, -0.1) is 0 Å². The van der Waals surface area contributed by atoms with Crippen LogP contribution in [0.15, 0.2) is 23.2 Å². The van der Waals surface area contributed by atoms with Crippen molar-refractivity contribution in [1.82, 2.24) is 10.2 Å². The van der Waals surface area contributed by atoms with Gasteiger partial charge < -0.3 is 19.9 Å². The van der Waals surface area contributed by atoms with Gasteiger partial charge in [-0.3, -0.25) is 9.79 Å². The maximum absolute atomic E-state index is 11.9. The molecule has 1 aliphatic rings. The van der Waals surface area contributed by atoms with Crippen LogP contribution in [0.4, 0.5) is 5.69 Å². The Bertz CT molecular complexity index is 635. The highest BCUT2D eigenvalue weighted by Crippen LogP contribution is 2.20. The minimum Gasteiger partial charge on any atom is -0.466 e. The number of anilines is 1. The van der Waals surface area contributed by atoms with Gasteiger partial charge in [-0.25, -0.2) is 0 Å². The van der Waals surface area contributed by atoms with Crippen LogP contribution in [0.5, 0.6) is 0 Å². The number of nitrogens with one attached hydrogen (secondary N) is 1. The number of carbonyl (C=O) groups is 1. The summed E-state index contributed by atoms with van der Waals surface area (Å²) < 4.78 is 5.14. The lowest BCUT2D eigenvalue weighted by atomic mass is 9.97. The van der Waals surface area contributed by atoms with E-state index in [0.29, 0.717) is 6.61 Å². The van der Waals surface area contributed by atoms with Crippen molar-refractivity contribution in [3.63, 3.8) is 0 Å².